The minimum Gasteiger partial charge on any atom is -0.449 e. The molecule has 0 aliphatic carbocycles. The third-order valence-corrected chi connectivity index (χ3v) is 3.21. The molecule has 0 aliphatic heterocycles. The predicted octanol–water partition coefficient (Wildman–Crippen LogP) is 3.48. The SMILES string of the molecule is CC(C)(C)OCc1nc2ccccc2c2[nH]c(OC(=O)O)nc12. The van der Waals surface area contributed by atoms with E-state index in [9.17, 15) is 4.79 Å². The summed E-state index contributed by atoms with van der Waals surface area (Å²) in [4.78, 5) is 22.4. The molecule has 2 aromatic heterocycles. The average molecular weight is 315 g/mol. The van der Waals surface area contributed by atoms with Crippen LogP contribution in [0, 0.1) is 0 Å². The van der Waals surface area contributed by atoms with E-state index in [1.807, 2.05) is 45.0 Å². The number of carbonyl (C=O) groups is 1. The number of benzene rings is 1. The van der Waals surface area contributed by atoms with Crippen molar-refractivity contribution in [1.29, 1.82) is 0 Å². The molecule has 3 aromatic rings. The van der Waals surface area contributed by atoms with E-state index in [0.717, 1.165) is 10.9 Å². The maximum Gasteiger partial charge on any atom is 0.513 e. The van der Waals surface area contributed by atoms with E-state index in [1.54, 1.807) is 0 Å². The van der Waals surface area contributed by atoms with Gasteiger partial charge in [-0.15, -0.1) is 0 Å². The molecule has 2 heterocycles. The van der Waals surface area contributed by atoms with Gasteiger partial charge in [0.05, 0.1) is 28.9 Å². The molecule has 120 valence electrons. The van der Waals surface area contributed by atoms with Crippen molar-refractivity contribution < 1.29 is 19.4 Å². The highest BCUT2D eigenvalue weighted by atomic mass is 16.7. The van der Waals surface area contributed by atoms with Crippen LogP contribution in [0.1, 0.15) is 26.5 Å². The fourth-order valence-corrected chi connectivity index (χ4v) is 2.25. The minimum atomic E-state index is -1.42. The Balaban J connectivity index is 2.15. The molecule has 7 heteroatoms. The van der Waals surface area contributed by atoms with Crippen molar-refractivity contribution in [2.45, 2.75) is 33.0 Å². The summed E-state index contributed by atoms with van der Waals surface area (Å²) in [6, 6.07) is 7.46. The molecule has 23 heavy (non-hydrogen) atoms. The van der Waals surface area contributed by atoms with E-state index in [1.165, 1.54) is 0 Å². The summed E-state index contributed by atoms with van der Waals surface area (Å²) in [5, 5.41) is 9.60. The summed E-state index contributed by atoms with van der Waals surface area (Å²) < 4.78 is 10.4. The summed E-state index contributed by atoms with van der Waals surface area (Å²) in [5.41, 5.74) is 2.31. The number of aromatic amines is 1. The number of fused-ring (bicyclic) bond motifs is 3. The average Bonchev–Trinajstić information content (AvgIpc) is 2.87. The van der Waals surface area contributed by atoms with Crippen LogP contribution in [0.25, 0.3) is 21.9 Å². The lowest BCUT2D eigenvalue weighted by Crippen LogP contribution is -2.19. The smallest absolute Gasteiger partial charge is 0.449 e. The van der Waals surface area contributed by atoms with E-state index in [0.29, 0.717) is 16.7 Å². The van der Waals surface area contributed by atoms with Crippen LogP contribution in [0.4, 0.5) is 4.79 Å². The first-order valence-electron chi connectivity index (χ1n) is 7.15. The quantitative estimate of drug-likeness (QED) is 0.718. The number of hydrogen-bond donors (Lipinski definition) is 2. The molecule has 0 aliphatic rings. The second-order valence-corrected chi connectivity index (χ2v) is 6.11. The van der Waals surface area contributed by atoms with Gasteiger partial charge in [-0.1, -0.05) is 18.2 Å². The Bertz CT molecular complexity index is 880. The van der Waals surface area contributed by atoms with Crippen molar-refractivity contribution in [3.05, 3.63) is 30.0 Å². The van der Waals surface area contributed by atoms with Crippen molar-refractivity contribution in [2.75, 3.05) is 0 Å². The number of para-hydroxylation sites is 1. The van der Waals surface area contributed by atoms with E-state index < -0.39 is 6.16 Å². The van der Waals surface area contributed by atoms with Crippen molar-refractivity contribution in [1.82, 2.24) is 15.0 Å². The first kappa shape index (κ1) is 15.2. The third-order valence-electron chi connectivity index (χ3n) is 3.21. The van der Waals surface area contributed by atoms with Gasteiger partial charge >= 0.3 is 12.2 Å². The highest BCUT2D eigenvalue weighted by molar-refractivity contribution is 6.03. The maximum absolute atomic E-state index is 10.7. The third kappa shape index (κ3) is 3.24. The highest BCUT2D eigenvalue weighted by Gasteiger charge is 2.18. The van der Waals surface area contributed by atoms with Crippen molar-refractivity contribution >= 4 is 28.1 Å². The first-order chi connectivity index (χ1) is 10.8. The van der Waals surface area contributed by atoms with Crippen LogP contribution in [0.5, 0.6) is 6.01 Å². The molecule has 7 nitrogen and oxygen atoms in total. The van der Waals surface area contributed by atoms with Gasteiger partial charge in [0, 0.05) is 5.39 Å². The van der Waals surface area contributed by atoms with Crippen LogP contribution in [0.3, 0.4) is 0 Å². The van der Waals surface area contributed by atoms with E-state index in [2.05, 4.69) is 19.7 Å². The number of pyridine rings is 1. The summed E-state index contributed by atoms with van der Waals surface area (Å²) in [7, 11) is 0. The number of hydrogen-bond acceptors (Lipinski definition) is 5. The summed E-state index contributed by atoms with van der Waals surface area (Å²) >= 11 is 0. The van der Waals surface area contributed by atoms with Gasteiger partial charge in [-0.3, -0.25) is 0 Å². The second kappa shape index (κ2) is 5.51. The lowest BCUT2D eigenvalue weighted by molar-refractivity contribution is -0.0158. The summed E-state index contributed by atoms with van der Waals surface area (Å²) in [5.74, 6) is 0. The summed E-state index contributed by atoms with van der Waals surface area (Å²) in [6.45, 7) is 6.13. The van der Waals surface area contributed by atoms with Gasteiger partial charge in [0.15, 0.2) is 0 Å². The molecular formula is C16H17N3O4. The van der Waals surface area contributed by atoms with E-state index in [4.69, 9.17) is 9.84 Å². The molecule has 3 rings (SSSR count). The Morgan fingerprint density at radius 3 is 2.70 bits per heavy atom. The number of aromatic nitrogens is 3. The number of rotatable bonds is 3. The number of nitrogens with zero attached hydrogens (tertiary/aromatic N) is 2. The molecule has 0 spiro atoms. The second-order valence-electron chi connectivity index (χ2n) is 6.11. The van der Waals surface area contributed by atoms with Gasteiger partial charge in [0.1, 0.15) is 5.52 Å². The normalized spacial score (nSPS) is 12.0. The number of imidazole rings is 1. The molecule has 0 bridgehead atoms. The molecule has 0 amide bonds. The van der Waals surface area contributed by atoms with Gasteiger partial charge < -0.3 is 19.6 Å². The zero-order valence-electron chi connectivity index (χ0n) is 13.1. The standard InChI is InChI=1S/C16H17N3O4/c1-16(2,3)22-8-11-13-12(18-14(19-13)23-15(20)21)9-6-4-5-7-10(9)17-11/h4-7H,8H2,1-3H3,(H,18,19)(H,20,21). The Kier molecular flexibility index (Phi) is 3.65. The van der Waals surface area contributed by atoms with Crippen LogP contribution >= 0.6 is 0 Å². The molecule has 2 N–H and O–H groups in total. The predicted molar refractivity (Wildman–Crippen MR) is 84.6 cm³/mol. The van der Waals surface area contributed by atoms with Crippen LogP contribution < -0.4 is 4.74 Å². The monoisotopic (exact) mass is 315 g/mol. The minimum absolute atomic E-state index is 0.0809. The maximum atomic E-state index is 10.7. The Morgan fingerprint density at radius 2 is 2.00 bits per heavy atom. The van der Waals surface area contributed by atoms with Gasteiger partial charge in [0.25, 0.3) is 0 Å². The molecule has 0 saturated heterocycles. The van der Waals surface area contributed by atoms with Crippen LogP contribution in [0.2, 0.25) is 0 Å². The Labute approximate surface area is 132 Å². The van der Waals surface area contributed by atoms with Gasteiger partial charge in [-0.25, -0.2) is 9.78 Å². The summed E-state index contributed by atoms with van der Waals surface area (Å²) in [6.07, 6.45) is -1.42. The van der Waals surface area contributed by atoms with Crippen LogP contribution in [-0.2, 0) is 11.3 Å². The number of H-pyrrole nitrogens is 1. The molecule has 0 radical (unpaired) electrons. The van der Waals surface area contributed by atoms with Crippen molar-refractivity contribution in [3.63, 3.8) is 0 Å². The molecular weight excluding hydrogens is 298 g/mol. The highest BCUT2D eigenvalue weighted by Crippen LogP contribution is 2.27. The zero-order chi connectivity index (χ0) is 16.6. The molecule has 0 unspecified atom stereocenters. The van der Waals surface area contributed by atoms with Crippen LogP contribution in [0.15, 0.2) is 24.3 Å². The molecule has 0 fully saturated rings. The molecule has 1 aromatic carbocycles. The topological polar surface area (TPSA) is 97.3 Å². The van der Waals surface area contributed by atoms with Gasteiger partial charge in [-0.05, 0) is 26.8 Å². The lowest BCUT2D eigenvalue weighted by atomic mass is 10.1. The molecule has 0 atom stereocenters. The van der Waals surface area contributed by atoms with Gasteiger partial charge in [0.2, 0.25) is 0 Å². The van der Waals surface area contributed by atoms with Crippen LogP contribution in [-0.4, -0.2) is 31.8 Å². The Hall–Kier alpha value is -2.67. The fourth-order valence-electron chi connectivity index (χ4n) is 2.25. The van der Waals surface area contributed by atoms with Crippen molar-refractivity contribution in [2.24, 2.45) is 0 Å². The van der Waals surface area contributed by atoms with Crippen molar-refractivity contribution in [3.8, 4) is 6.01 Å². The molecule has 0 saturated carbocycles. The largest absolute Gasteiger partial charge is 0.513 e. The zero-order valence-corrected chi connectivity index (χ0v) is 13.1. The lowest BCUT2D eigenvalue weighted by Gasteiger charge is -2.19. The fraction of sp³-hybridized carbons (Fsp3) is 0.312. The Morgan fingerprint density at radius 1 is 1.26 bits per heavy atom. The first-order valence-corrected chi connectivity index (χ1v) is 7.15. The number of carboxylic acid groups (broad SMARTS) is 1. The van der Waals surface area contributed by atoms with E-state index in [-0.39, 0.29) is 18.2 Å². The number of ether oxygens (including phenoxy) is 2. The van der Waals surface area contributed by atoms with E-state index >= 15 is 0 Å². The van der Waals surface area contributed by atoms with Gasteiger partial charge in [-0.2, -0.15) is 4.98 Å². The number of nitrogens with one attached hydrogen (secondary N) is 1.